The first-order valence-electron chi connectivity index (χ1n) is 5.28. The zero-order chi connectivity index (χ0) is 12.4. The van der Waals surface area contributed by atoms with E-state index in [-0.39, 0.29) is 30.8 Å². The van der Waals surface area contributed by atoms with Gasteiger partial charge in [0.15, 0.2) is 0 Å². The Morgan fingerprint density at radius 1 is 1.53 bits per heavy atom. The number of aliphatic hydroxyl groups excluding tert-OH is 1. The van der Waals surface area contributed by atoms with Gasteiger partial charge in [-0.2, -0.15) is 0 Å². The van der Waals surface area contributed by atoms with Crippen LogP contribution in [-0.2, 0) is 4.65 Å². The quantitative estimate of drug-likeness (QED) is 0.583. The van der Waals surface area contributed by atoms with Gasteiger partial charge >= 0.3 is 7.12 Å². The predicted octanol–water partition coefficient (Wildman–Crippen LogP) is -1.09. The minimum atomic E-state index is -1.25. The molecule has 7 heteroatoms. The summed E-state index contributed by atoms with van der Waals surface area (Å²) in [5, 5.41) is 18.4. The van der Waals surface area contributed by atoms with Crippen LogP contribution in [0.15, 0.2) is 12.1 Å². The van der Waals surface area contributed by atoms with Gasteiger partial charge in [-0.1, -0.05) is 0 Å². The lowest BCUT2D eigenvalue weighted by Gasteiger charge is -2.11. The minimum absolute atomic E-state index is 0.0675. The van der Waals surface area contributed by atoms with Crippen LogP contribution < -0.4 is 15.9 Å². The lowest BCUT2D eigenvalue weighted by molar-refractivity contribution is 0.194. The Morgan fingerprint density at radius 3 is 2.94 bits per heavy atom. The number of hydrogen-bond donors (Lipinski definition) is 3. The third-order valence-electron chi connectivity index (χ3n) is 2.62. The molecule has 1 aliphatic heterocycles. The SMILES string of the molecule is NC[C@H]1OB(O)c2c(OCCO)ccc(F)c21. The van der Waals surface area contributed by atoms with Crippen molar-refractivity contribution in [2.45, 2.75) is 6.10 Å². The van der Waals surface area contributed by atoms with Crippen molar-refractivity contribution in [1.29, 1.82) is 0 Å². The van der Waals surface area contributed by atoms with E-state index in [0.29, 0.717) is 5.75 Å². The van der Waals surface area contributed by atoms with Crippen LogP contribution in [0.5, 0.6) is 5.75 Å². The molecule has 0 saturated carbocycles. The lowest BCUT2D eigenvalue weighted by atomic mass is 9.78. The molecular weight excluding hydrogens is 228 g/mol. The molecule has 4 N–H and O–H groups in total. The maximum absolute atomic E-state index is 13.7. The second-order valence-electron chi connectivity index (χ2n) is 3.66. The molecule has 0 unspecified atom stereocenters. The highest BCUT2D eigenvalue weighted by molar-refractivity contribution is 6.62. The van der Waals surface area contributed by atoms with Gasteiger partial charge < -0.3 is 25.3 Å². The molecule has 17 heavy (non-hydrogen) atoms. The fraction of sp³-hybridized carbons (Fsp3) is 0.400. The first-order valence-corrected chi connectivity index (χ1v) is 5.28. The van der Waals surface area contributed by atoms with Gasteiger partial charge in [-0.25, -0.2) is 4.39 Å². The number of halogens is 1. The highest BCUT2D eigenvalue weighted by Gasteiger charge is 2.39. The third-order valence-corrected chi connectivity index (χ3v) is 2.62. The Morgan fingerprint density at radius 2 is 2.29 bits per heavy atom. The zero-order valence-electron chi connectivity index (χ0n) is 9.10. The van der Waals surface area contributed by atoms with Gasteiger partial charge in [0.05, 0.1) is 12.7 Å². The van der Waals surface area contributed by atoms with Crippen LogP contribution in [0.4, 0.5) is 4.39 Å². The summed E-state index contributed by atoms with van der Waals surface area (Å²) < 4.78 is 24.0. The average molecular weight is 241 g/mol. The number of benzene rings is 1. The van der Waals surface area contributed by atoms with Gasteiger partial charge in [-0.05, 0) is 12.1 Å². The molecule has 0 aliphatic carbocycles. The molecule has 0 radical (unpaired) electrons. The van der Waals surface area contributed by atoms with Crippen molar-refractivity contribution in [2.24, 2.45) is 5.73 Å². The van der Waals surface area contributed by atoms with Crippen LogP contribution in [0.25, 0.3) is 0 Å². The first-order chi connectivity index (χ1) is 8.19. The van der Waals surface area contributed by atoms with Gasteiger partial charge in [0.25, 0.3) is 0 Å². The summed E-state index contributed by atoms with van der Waals surface area (Å²) in [6.07, 6.45) is -0.669. The topological polar surface area (TPSA) is 84.9 Å². The second-order valence-corrected chi connectivity index (χ2v) is 3.66. The van der Waals surface area contributed by atoms with E-state index in [2.05, 4.69) is 0 Å². The molecular formula is C10H13BFNO4. The summed E-state index contributed by atoms with van der Waals surface area (Å²) in [6.45, 7) is -0.0219. The fourth-order valence-corrected chi connectivity index (χ4v) is 1.92. The molecule has 2 rings (SSSR count). The third kappa shape index (κ3) is 2.14. The number of aliphatic hydroxyl groups is 1. The summed E-state index contributed by atoms with van der Waals surface area (Å²) >= 11 is 0. The molecule has 0 bridgehead atoms. The molecule has 5 nitrogen and oxygen atoms in total. The molecule has 1 heterocycles. The summed E-state index contributed by atoms with van der Waals surface area (Å²) in [7, 11) is -1.25. The molecule has 1 atom stereocenters. The number of rotatable bonds is 4. The van der Waals surface area contributed by atoms with Gasteiger partial charge in [-0.3, -0.25) is 0 Å². The van der Waals surface area contributed by atoms with E-state index in [4.69, 9.17) is 20.2 Å². The van der Waals surface area contributed by atoms with Crippen molar-refractivity contribution in [1.82, 2.24) is 0 Å². The number of ether oxygens (including phenoxy) is 1. The number of nitrogens with two attached hydrogens (primary N) is 1. The van der Waals surface area contributed by atoms with Crippen LogP contribution in [0.3, 0.4) is 0 Å². The normalized spacial score (nSPS) is 18.4. The summed E-state index contributed by atoms with van der Waals surface area (Å²) in [4.78, 5) is 0. The Bertz CT molecular complexity index is 418. The fourth-order valence-electron chi connectivity index (χ4n) is 1.92. The lowest BCUT2D eigenvalue weighted by Crippen LogP contribution is -2.30. The van der Waals surface area contributed by atoms with Crippen molar-refractivity contribution in [3.8, 4) is 5.75 Å². The van der Waals surface area contributed by atoms with E-state index in [1.54, 1.807) is 0 Å². The van der Waals surface area contributed by atoms with E-state index in [0.717, 1.165) is 0 Å². The Balaban J connectivity index is 2.42. The molecule has 92 valence electrons. The molecule has 0 amide bonds. The molecule has 0 aromatic heterocycles. The minimum Gasteiger partial charge on any atom is -0.492 e. The monoisotopic (exact) mass is 241 g/mol. The highest BCUT2D eigenvalue weighted by Crippen LogP contribution is 2.29. The maximum atomic E-state index is 13.7. The summed E-state index contributed by atoms with van der Waals surface area (Å²) in [6, 6.07) is 2.63. The molecule has 1 aromatic carbocycles. The van der Waals surface area contributed by atoms with Gasteiger partial charge in [0, 0.05) is 17.6 Å². The average Bonchev–Trinajstić information content (AvgIpc) is 2.67. The number of fused-ring (bicyclic) bond motifs is 1. The zero-order valence-corrected chi connectivity index (χ0v) is 9.10. The maximum Gasteiger partial charge on any atom is 0.495 e. The van der Waals surface area contributed by atoms with Crippen molar-refractivity contribution in [3.63, 3.8) is 0 Å². The molecule has 1 aromatic rings. The second kappa shape index (κ2) is 5.01. The largest absolute Gasteiger partial charge is 0.495 e. The molecule has 0 spiro atoms. The smallest absolute Gasteiger partial charge is 0.492 e. The van der Waals surface area contributed by atoms with E-state index in [1.165, 1.54) is 12.1 Å². The molecule has 1 aliphatic rings. The van der Waals surface area contributed by atoms with Crippen LogP contribution >= 0.6 is 0 Å². The van der Waals surface area contributed by atoms with Crippen molar-refractivity contribution >= 4 is 12.6 Å². The van der Waals surface area contributed by atoms with Gasteiger partial charge in [-0.15, -0.1) is 0 Å². The molecule has 0 saturated heterocycles. The Kier molecular flexibility index (Phi) is 3.63. The van der Waals surface area contributed by atoms with Crippen LogP contribution in [-0.4, -0.2) is 37.0 Å². The first kappa shape index (κ1) is 12.3. The van der Waals surface area contributed by atoms with Crippen LogP contribution in [0.2, 0.25) is 0 Å². The van der Waals surface area contributed by atoms with Crippen LogP contribution in [0, 0.1) is 5.82 Å². The van der Waals surface area contributed by atoms with Gasteiger partial charge in [0.2, 0.25) is 0 Å². The van der Waals surface area contributed by atoms with Gasteiger partial charge in [0.1, 0.15) is 18.2 Å². The Hall–Kier alpha value is -1.15. The van der Waals surface area contributed by atoms with Crippen LogP contribution in [0.1, 0.15) is 11.7 Å². The van der Waals surface area contributed by atoms with Crippen molar-refractivity contribution in [3.05, 3.63) is 23.5 Å². The molecule has 0 fully saturated rings. The van der Waals surface area contributed by atoms with E-state index in [1.807, 2.05) is 0 Å². The summed E-state index contributed by atoms with van der Waals surface area (Å²) in [5.41, 5.74) is 5.94. The van der Waals surface area contributed by atoms with E-state index in [9.17, 15) is 9.41 Å². The van der Waals surface area contributed by atoms with Crippen molar-refractivity contribution in [2.75, 3.05) is 19.8 Å². The van der Waals surface area contributed by atoms with E-state index < -0.39 is 19.0 Å². The number of hydrogen-bond acceptors (Lipinski definition) is 5. The Labute approximate surface area is 98.1 Å². The summed E-state index contributed by atoms with van der Waals surface area (Å²) in [5.74, 6) is -0.178. The van der Waals surface area contributed by atoms with Crippen molar-refractivity contribution < 1.29 is 23.9 Å². The standard InChI is InChI=1S/C10H13BFNO4/c12-6-1-2-7(16-4-3-14)10-9(6)8(5-13)17-11(10)15/h1-2,8,14-15H,3-5,13H2/t8-/m1/s1. The predicted molar refractivity (Wildman–Crippen MR) is 59.5 cm³/mol. The van der Waals surface area contributed by atoms with E-state index >= 15 is 0 Å². The highest BCUT2D eigenvalue weighted by atomic mass is 19.1.